The highest BCUT2D eigenvalue weighted by molar-refractivity contribution is 6.31. The maximum absolute atomic E-state index is 12.7. The molecule has 1 saturated heterocycles. The zero-order chi connectivity index (χ0) is 23.4. The smallest absolute Gasteiger partial charge is 0.261 e. The van der Waals surface area contributed by atoms with Crippen LogP contribution in [0.25, 0.3) is 10.9 Å². The summed E-state index contributed by atoms with van der Waals surface area (Å²) in [6.07, 6.45) is 2.41. The van der Waals surface area contributed by atoms with Crippen molar-refractivity contribution in [1.82, 2.24) is 14.5 Å². The minimum absolute atomic E-state index is 0.0764. The molecule has 1 amide bonds. The minimum Gasteiger partial charge on any atom is -0.367 e. The van der Waals surface area contributed by atoms with E-state index in [-0.39, 0.29) is 11.5 Å². The lowest BCUT2D eigenvalue weighted by Crippen LogP contribution is -2.46. The van der Waals surface area contributed by atoms with E-state index in [0.717, 1.165) is 55.2 Å². The second kappa shape index (κ2) is 10.4. The molecule has 0 radical (unpaired) electrons. The number of amides is 1. The first-order valence-electron chi connectivity index (χ1n) is 11.5. The first-order valence-corrected chi connectivity index (χ1v) is 11.9. The Morgan fingerprint density at radius 1 is 1.15 bits per heavy atom. The highest BCUT2D eigenvalue weighted by Gasteiger charge is 2.19. The number of hydrogen-bond acceptors (Lipinski definition) is 5. The fourth-order valence-electron chi connectivity index (χ4n) is 4.31. The number of aryl methyl sites for hydroxylation is 2. The van der Waals surface area contributed by atoms with Gasteiger partial charge in [-0.1, -0.05) is 30.7 Å². The lowest BCUT2D eigenvalue weighted by molar-refractivity contribution is -0.116. The average Bonchev–Trinajstić information content (AvgIpc) is 2.81. The molecule has 8 heteroatoms. The van der Waals surface area contributed by atoms with Crippen LogP contribution in [0.4, 0.5) is 11.4 Å². The highest BCUT2D eigenvalue weighted by Crippen LogP contribution is 2.30. The Balaban J connectivity index is 1.39. The number of fused-ring (bicyclic) bond motifs is 1. The number of carbonyl (C=O) groups is 1. The summed E-state index contributed by atoms with van der Waals surface area (Å²) in [6.45, 7) is 9.43. The number of piperazine rings is 1. The number of nitrogens with one attached hydrogen (secondary N) is 1. The largest absolute Gasteiger partial charge is 0.367 e. The van der Waals surface area contributed by atoms with Gasteiger partial charge in [0.25, 0.3) is 5.56 Å². The summed E-state index contributed by atoms with van der Waals surface area (Å²) in [5, 5.41) is 4.22. The monoisotopic (exact) mass is 467 g/mol. The number of anilines is 2. The molecule has 1 fully saturated rings. The van der Waals surface area contributed by atoms with Crippen molar-refractivity contribution in [1.29, 1.82) is 0 Å². The number of hydrogen-bond donors (Lipinski definition) is 1. The topological polar surface area (TPSA) is 70.5 Å². The maximum atomic E-state index is 12.7. The minimum atomic E-state index is -0.0941. The second-order valence-electron chi connectivity index (χ2n) is 8.45. The van der Waals surface area contributed by atoms with Crippen molar-refractivity contribution in [2.24, 2.45) is 0 Å². The number of likely N-dealkylation sites (N-methyl/N-ethyl adjacent to an activating group) is 1. The fourth-order valence-corrected chi connectivity index (χ4v) is 4.48. The number of nitrogens with zero attached hydrogens (tertiary/aromatic N) is 4. The van der Waals surface area contributed by atoms with Crippen LogP contribution in [0.1, 0.15) is 25.3 Å². The quantitative estimate of drug-likeness (QED) is 0.570. The van der Waals surface area contributed by atoms with E-state index in [4.69, 9.17) is 11.6 Å². The van der Waals surface area contributed by atoms with Gasteiger partial charge in [0.15, 0.2) is 0 Å². The van der Waals surface area contributed by atoms with Crippen molar-refractivity contribution in [3.05, 3.63) is 63.7 Å². The number of carbonyl (C=O) groups excluding carboxylic acids is 1. The molecule has 174 valence electrons. The van der Waals surface area contributed by atoms with Gasteiger partial charge < -0.3 is 15.1 Å². The molecule has 1 N–H and O–H groups in total. The van der Waals surface area contributed by atoms with E-state index in [9.17, 15) is 9.59 Å². The van der Waals surface area contributed by atoms with Gasteiger partial charge in [-0.05, 0) is 49.7 Å². The van der Waals surface area contributed by atoms with E-state index >= 15 is 0 Å². The Morgan fingerprint density at radius 2 is 1.94 bits per heavy atom. The first-order chi connectivity index (χ1) is 16.0. The summed E-state index contributed by atoms with van der Waals surface area (Å²) in [5.74, 6) is -0.0941. The van der Waals surface area contributed by atoms with Gasteiger partial charge in [-0.25, -0.2) is 4.98 Å². The van der Waals surface area contributed by atoms with Gasteiger partial charge in [-0.3, -0.25) is 14.2 Å². The molecule has 2 aromatic carbocycles. The van der Waals surface area contributed by atoms with Crippen LogP contribution < -0.4 is 15.8 Å². The molecule has 2 heterocycles. The Bertz CT molecular complexity index is 1200. The molecular formula is C25H30ClN5O2. The molecule has 0 spiro atoms. The summed E-state index contributed by atoms with van der Waals surface area (Å²) in [7, 11) is 0. The fraction of sp³-hybridized carbons (Fsp3) is 0.400. The number of para-hydroxylation sites is 1. The van der Waals surface area contributed by atoms with Gasteiger partial charge in [0, 0.05) is 44.2 Å². The number of aromatic nitrogens is 2. The zero-order valence-electron chi connectivity index (χ0n) is 19.2. The third kappa shape index (κ3) is 5.37. The van der Waals surface area contributed by atoms with E-state index < -0.39 is 0 Å². The number of rotatable bonds is 7. The van der Waals surface area contributed by atoms with Crippen molar-refractivity contribution in [3.63, 3.8) is 0 Å². The molecule has 0 atom stereocenters. The molecule has 0 bridgehead atoms. The molecule has 0 aliphatic carbocycles. The highest BCUT2D eigenvalue weighted by atomic mass is 35.5. The summed E-state index contributed by atoms with van der Waals surface area (Å²) in [5.41, 5.74) is 3.35. The predicted molar refractivity (Wildman–Crippen MR) is 134 cm³/mol. The van der Waals surface area contributed by atoms with E-state index in [0.29, 0.717) is 29.8 Å². The van der Waals surface area contributed by atoms with Gasteiger partial charge in [0.1, 0.15) is 0 Å². The Morgan fingerprint density at radius 3 is 2.70 bits per heavy atom. The van der Waals surface area contributed by atoms with Crippen molar-refractivity contribution >= 4 is 39.8 Å². The molecular weight excluding hydrogens is 438 g/mol. The molecule has 33 heavy (non-hydrogen) atoms. The van der Waals surface area contributed by atoms with E-state index in [2.05, 4.69) is 27.0 Å². The lowest BCUT2D eigenvalue weighted by Gasteiger charge is -2.36. The Labute approximate surface area is 199 Å². The molecule has 3 aromatic rings. The SMILES string of the molecule is CCN1CCN(c2ccc(Cl)cc2NC(=O)CCCn2cnc3c(C)cccc3c2=O)CC1. The van der Waals surface area contributed by atoms with Crippen LogP contribution in [-0.4, -0.2) is 53.1 Å². The molecule has 4 rings (SSSR count). The third-order valence-corrected chi connectivity index (χ3v) is 6.49. The van der Waals surface area contributed by atoms with Crippen LogP contribution in [-0.2, 0) is 11.3 Å². The van der Waals surface area contributed by atoms with Crippen molar-refractivity contribution in [3.8, 4) is 0 Å². The van der Waals surface area contributed by atoms with Crippen LogP contribution in [0.15, 0.2) is 47.5 Å². The number of benzene rings is 2. The summed E-state index contributed by atoms with van der Waals surface area (Å²) in [4.78, 5) is 34.6. The molecule has 0 saturated carbocycles. The van der Waals surface area contributed by atoms with Crippen LogP contribution >= 0.6 is 11.6 Å². The Hall–Kier alpha value is -2.90. The molecule has 0 unspecified atom stereocenters. The normalized spacial score (nSPS) is 14.6. The standard InChI is InChI=1S/C25H30ClN5O2/c1-3-29-12-14-30(15-13-29)22-10-9-19(26)16-21(22)28-23(32)8-5-11-31-17-27-24-18(2)6-4-7-20(24)25(31)33/h4,6-7,9-10,16-17H,3,5,8,11-15H2,1-2H3,(H,28,32). The summed E-state index contributed by atoms with van der Waals surface area (Å²) >= 11 is 6.22. The predicted octanol–water partition coefficient (Wildman–Crippen LogP) is 3.92. The van der Waals surface area contributed by atoms with Gasteiger partial charge in [0.05, 0.1) is 28.6 Å². The van der Waals surface area contributed by atoms with Crippen molar-refractivity contribution in [2.75, 3.05) is 42.9 Å². The maximum Gasteiger partial charge on any atom is 0.261 e. The van der Waals surface area contributed by atoms with Crippen molar-refractivity contribution < 1.29 is 4.79 Å². The van der Waals surface area contributed by atoms with Crippen LogP contribution in [0, 0.1) is 6.92 Å². The molecule has 1 aliphatic rings. The average molecular weight is 468 g/mol. The second-order valence-corrected chi connectivity index (χ2v) is 8.89. The number of halogens is 1. The molecule has 1 aromatic heterocycles. The summed E-state index contributed by atoms with van der Waals surface area (Å²) < 4.78 is 1.58. The van der Waals surface area contributed by atoms with Crippen LogP contribution in [0.3, 0.4) is 0 Å². The Kier molecular flexibility index (Phi) is 7.30. The van der Waals surface area contributed by atoms with E-state index in [1.165, 1.54) is 0 Å². The van der Waals surface area contributed by atoms with E-state index in [1.54, 1.807) is 23.0 Å². The van der Waals surface area contributed by atoms with Gasteiger partial charge in [-0.15, -0.1) is 0 Å². The van der Waals surface area contributed by atoms with Crippen LogP contribution in [0.5, 0.6) is 0 Å². The first kappa shape index (κ1) is 23.3. The molecule has 1 aliphatic heterocycles. The zero-order valence-corrected chi connectivity index (χ0v) is 19.9. The van der Waals surface area contributed by atoms with E-state index in [1.807, 2.05) is 31.2 Å². The van der Waals surface area contributed by atoms with Crippen molar-refractivity contribution in [2.45, 2.75) is 33.2 Å². The van der Waals surface area contributed by atoms with Crippen LogP contribution in [0.2, 0.25) is 5.02 Å². The molecule has 7 nitrogen and oxygen atoms in total. The van der Waals surface area contributed by atoms with Gasteiger partial charge in [0.2, 0.25) is 5.91 Å². The third-order valence-electron chi connectivity index (χ3n) is 6.25. The van der Waals surface area contributed by atoms with Gasteiger partial charge in [-0.2, -0.15) is 0 Å². The lowest BCUT2D eigenvalue weighted by atomic mass is 10.1. The summed E-state index contributed by atoms with van der Waals surface area (Å²) in [6, 6.07) is 11.2. The van der Waals surface area contributed by atoms with Gasteiger partial charge >= 0.3 is 0 Å².